The van der Waals surface area contributed by atoms with Gasteiger partial charge in [0.05, 0.1) is 11.7 Å². The summed E-state index contributed by atoms with van der Waals surface area (Å²) < 4.78 is 0. The summed E-state index contributed by atoms with van der Waals surface area (Å²) in [4.78, 5) is 16.2. The van der Waals surface area contributed by atoms with Crippen LogP contribution in [0.4, 0.5) is 0 Å². The highest BCUT2D eigenvalue weighted by molar-refractivity contribution is 7.11. The van der Waals surface area contributed by atoms with Gasteiger partial charge in [0.1, 0.15) is 4.88 Å². The summed E-state index contributed by atoms with van der Waals surface area (Å²) in [5, 5.41) is 6.32. The molecule has 0 bridgehead atoms. The maximum absolute atomic E-state index is 11.6. The van der Waals surface area contributed by atoms with E-state index in [4.69, 9.17) is 0 Å². The van der Waals surface area contributed by atoms with E-state index in [9.17, 15) is 4.79 Å². The van der Waals surface area contributed by atoms with E-state index in [0.717, 1.165) is 32.0 Å². The van der Waals surface area contributed by atoms with Crippen LogP contribution in [0.2, 0.25) is 0 Å². The molecule has 1 aromatic rings. The first-order chi connectivity index (χ1) is 7.86. The molecule has 88 valence electrons. The van der Waals surface area contributed by atoms with Crippen LogP contribution in [-0.4, -0.2) is 30.5 Å². The van der Waals surface area contributed by atoms with Crippen LogP contribution in [0.25, 0.3) is 0 Å². The molecule has 1 amide bonds. The van der Waals surface area contributed by atoms with Gasteiger partial charge >= 0.3 is 0 Å². The number of aromatic nitrogens is 1. The Kier molecular flexibility index (Phi) is 4.30. The molecule has 1 aliphatic heterocycles. The third kappa shape index (κ3) is 3.28. The van der Waals surface area contributed by atoms with Gasteiger partial charge in [-0.15, -0.1) is 11.3 Å². The van der Waals surface area contributed by atoms with Crippen molar-refractivity contribution in [3.8, 4) is 0 Å². The molecule has 1 saturated heterocycles. The van der Waals surface area contributed by atoms with Crippen LogP contribution in [0.5, 0.6) is 0 Å². The lowest BCUT2D eigenvalue weighted by atomic mass is 9.96. The van der Waals surface area contributed by atoms with Gasteiger partial charge in [-0.1, -0.05) is 0 Å². The standard InChI is InChI=1S/C11H17N3OS/c15-11(10-7-13-8-16-10)14-5-3-9-2-1-4-12-6-9/h7-9,12H,1-6H2,(H,14,15). The molecule has 0 aliphatic carbocycles. The number of hydrogen-bond donors (Lipinski definition) is 2. The van der Waals surface area contributed by atoms with Crippen LogP contribution < -0.4 is 10.6 Å². The van der Waals surface area contributed by atoms with Crippen molar-refractivity contribution in [1.29, 1.82) is 0 Å². The molecule has 0 radical (unpaired) electrons. The molecule has 1 unspecified atom stereocenters. The normalized spacial score (nSPS) is 20.6. The van der Waals surface area contributed by atoms with Gasteiger partial charge in [-0.05, 0) is 38.3 Å². The molecular formula is C11H17N3OS. The molecule has 2 rings (SSSR count). The van der Waals surface area contributed by atoms with E-state index in [1.165, 1.54) is 24.2 Å². The number of hydrogen-bond acceptors (Lipinski definition) is 4. The van der Waals surface area contributed by atoms with Crippen LogP contribution in [0.3, 0.4) is 0 Å². The minimum absolute atomic E-state index is 0.00580. The van der Waals surface area contributed by atoms with Gasteiger partial charge in [-0.2, -0.15) is 0 Å². The summed E-state index contributed by atoms with van der Waals surface area (Å²) in [6, 6.07) is 0. The SMILES string of the molecule is O=C(NCCC1CCCNC1)c1cncs1. The summed E-state index contributed by atoms with van der Waals surface area (Å²) in [6.45, 7) is 3.00. The van der Waals surface area contributed by atoms with Gasteiger partial charge in [-0.3, -0.25) is 9.78 Å². The van der Waals surface area contributed by atoms with Crippen molar-refractivity contribution in [2.45, 2.75) is 19.3 Å². The van der Waals surface area contributed by atoms with E-state index in [-0.39, 0.29) is 5.91 Å². The van der Waals surface area contributed by atoms with Crippen molar-refractivity contribution in [2.75, 3.05) is 19.6 Å². The van der Waals surface area contributed by atoms with E-state index in [0.29, 0.717) is 4.88 Å². The Bertz CT molecular complexity index is 320. The number of nitrogens with one attached hydrogen (secondary N) is 2. The van der Waals surface area contributed by atoms with E-state index >= 15 is 0 Å². The zero-order valence-corrected chi connectivity index (χ0v) is 10.1. The number of thiazole rings is 1. The molecule has 1 atom stereocenters. The molecule has 1 aromatic heterocycles. The Morgan fingerprint density at radius 3 is 3.31 bits per heavy atom. The maximum atomic E-state index is 11.6. The number of amides is 1. The number of nitrogens with zero attached hydrogens (tertiary/aromatic N) is 1. The molecule has 2 N–H and O–H groups in total. The minimum Gasteiger partial charge on any atom is -0.351 e. The van der Waals surface area contributed by atoms with Gasteiger partial charge < -0.3 is 10.6 Å². The molecule has 2 heterocycles. The lowest BCUT2D eigenvalue weighted by Crippen LogP contribution is -2.33. The molecule has 5 heteroatoms. The quantitative estimate of drug-likeness (QED) is 0.832. The lowest BCUT2D eigenvalue weighted by molar-refractivity contribution is 0.0954. The van der Waals surface area contributed by atoms with Crippen molar-refractivity contribution in [1.82, 2.24) is 15.6 Å². The molecule has 0 aromatic carbocycles. The fraction of sp³-hybridized carbons (Fsp3) is 0.636. The van der Waals surface area contributed by atoms with Crippen LogP contribution in [0.15, 0.2) is 11.7 Å². The van der Waals surface area contributed by atoms with Crippen LogP contribution >= 0.6 is 11.3 Å². The second-order valence-corrected chi connectivity index (χ2v) is 5.01. The van der Waals surface area contributed by atoms with E-state index in [2.05, 4.69) is 15.6 Å². The molecule has 4 nitrogen and oxygen atoms in total. The Balaban J connectivity index is 1.66. The first-order valence-electron chi connectivity index (χ1n) is 5.73. The summed E-state index contributed by atoms with van der Waals surface area (Å²) >= 11 is 1.38. The molecule has 16 heavy (non-hydrogen) atoms. The third-order valence-electron chi connectivity index (χ3n) is 2.89. The maximum Gasteiger partial charge on any atom is 0.262 e. The number of carbonyl (C=O) groups excluding carboxylic acids is 1. The molecule has 0 saturated carbocycles. The lowest BCUT2D eigenvalue weighted by Gasteiger charge is -2.22. The Hall–Kier alpha value is -0.940. The van der Waals surface area contributed by atoms with E-state index in [1.54, 1.807) is 11.7 Å². The van der Waals surface area contributed by atoms with Crippen molar-refractivity contribution in [2.24, 2.45) is 5.92 Å². The number of carbonyl (C=O) groups is 1. The fourth-order valence-electron chi connectivity index (χ4n) is 1.98. The van der Waals surface area contributed by atoms with Gasteiger partial charge in [0.2, 0.25) is 0 Å². The fourth-order valence-corrected chi connectivity index (χ4v) is 2.51. The highest BCUT2D eigenvalue weighted by Crippen LogP contribution is 2.13. The zero-order valence-electron chi connectivity index (χ0n) is 9.24. The number of rotatable bonds is 4. The smallest absolute Gasteiger partial charge is 0.262 e. The second-order valence-electron chi connectivity index (χ2n) is 4.12. The Morgan fingerprint density at radius 1 is 1.69 bits per heavy atom. The Morgan fingerprint density at radius 2 is 2.62 bits per heavy atom. The second kappa shape index (κ2) is 5.96. The third-order valence-corrected chi connectivity index (χ3v) is 3.67. The summed E-state index contributed by atoms with van der Waals surface area (Å²) in [6.07, 6.45) is 5.22. The van der Waals surface area contributed by atoms with Crippen LogP contribution in [-0.2, 0) is 0 Å². The zero-order chi connectivity index (χ0) is 11.2. The topological polar surface area (TPSA) is 54.0 Å². The molecule has 0 spiro atoms. The highest BCUT2D eigenvalue weighted by atomic mass is 32.1. The van der Waals surface area contributed by atoms with Crippen molar-refractivity contribution in [3.63, 3.8) is 0 Å². The average molecular weight is 239 g/mol. The summed E-state index contributed by atoms with van der Waals surface area (Å²) in [5.74, 6) is 0.724. The van der Waals surface area contributed by atoms with Crippen molar-refractivity contribution >= 4 is 17.2 Å². The van der Waals surface area contributed by atoms with Gasteiger partial charge in [-0.25, -0.2) is 0 Å². The summed E-state index contributed by atoms with van der Waals surface area (Å²) in [5.41, 5.74) is 1.68. The van der Waals surface area contributed by atoms with Gasteiger partial charge in [0, 0.05) is 6.54 Å². The molecule has 1 aliphatic rings. The highest BCUT2D eigenvalue weighted by Gasteiger charge is 2.13. The van der Waals surface area contributed by atoms with Crippen LogP contribution in [0, 0.1) is 5.92 Å². The van der Waals surface area contributed by atoms with Crippen LogP contribution in [0.1, 0.15) is 28.9 Å². The first-order valence-corrected chi connectivity index (χ1v) is 6.61. The Labute approximate surface area is 99.5 Å². The van der Waals surface area contributed by atoms with Gasteiger partial charge in [0.15, 0.2) is 0 Å². The predicted octanol–water partition coefficient (Wildman–Crippen LogP) is 1.26. The summed E-state index contributed by atoms with van der Waals surface area (Å²) in [7, 11) is 0. The van der Waals surface area contributed by atoms with Crippen molar-refractivity contribution < 1.29 is 4.79 Å². The predicted molar refractivity (Wildman–Crippen MR) is 64.7 cm³/mol. The van der Waals surface area contributed by atoms with Crippen molar-refractivity contribution in [3.05, 3.63) is 16.6 Å². The molecule has 1 fully saturated rings. The minimum atomic E-state index is 0.00580. The molecular weight excluding hydrogens is 222 g/mol. The number of piperidine rings is 1. The largest absolute Gasteiger partial charge is 0.351 e. The van der Waals surface area contributed by atoms with E-state index in [1.807, 2.05) is 0 Å². The average Bonchev–Trinajstić information content (AvgIpc) is 2.84. The first kappa shape index (κ1) is 11.5. The van der Waals surface area contributed by atoms with Gasteiger partial charge in [0.25, 0.3) is 5.91 Å². The monoisotopic (exact) mass is 239 g/mol. The van der Waals surface area contributed by atoms with E-state index < -0.39 is 0 Å².